The molecule has 6 nitrogen and oxygen atoms in total. The third kappa shape index (κ3) is 7.71. The zero-order chi connectivity index (χ0) is 12.8. The average molecular weight is 285 g/mol. The van der Waals surface area contributed by atoms with Gasteiger partial charge in [0.15, 0.2) is 0 Å². The normalized spacial score (nSPS) is 10.3. The van der Waals surface area contributed by atoms with E-state index in [2.05, 4.69) is 5.32 Å². The van der Waals surface area contributed by atoms with E-state index in [0.29, 0.717) is 0 Å². The first-order chi connectivity index (χ1) is 8.00. The number of carboxylic acids is 2. The number of carbonyl (C=O) groups is 3. The Bertz CT molecular complexity index is 438. The van der Waals surface area contributed by atoms with Crippen molar-refractivity contribution in [3.05, 3.63) is 35.9 Å². The van der Waals surface area contributed by atoms with Crippen LogP contribution in [0, 0.1) is 0 Å². The number of hydrogen-bond acceptors (Lipinski definition) is 3. The molecule has 8 heteroatoms. The number of nitrogens with one attached hydrogen (secondary N) is 1. The van der Waals surface area contributed by atoms with Gasteiger partial charge in [0.1, 0.15) is 6.04 Å². The number of benzene rings is 1. The summed E-state index contributed by atoms with van der Waals surface area (Å²) in [5.41, 5.74) is 0.282. The van der Waals surface area contributed by atoms with E-state index in [0.717, 1.165) is 0 Å². The van der Waals surface area contributed by atoms with Gasteiger partial charge in [-0.05, 0) is 12.1 Å². The molecule has 0 fully saturated rings. The van der Waals surface area contributed by atoms with Crippen LogP contribution in [-0.4, -0.2) is 93.2 Å². The molecule has 0 heterocycles. The second-order valence-corrected chi connectivity index (χ2v) is 3.33. The Morgan fingerprint density at radius 1 is 1.05 bits per heavy atom. The van der Waals surface area contributed by atoms with E-state index in [-0.39, 0.29) is 64.7 Å². The summed E-state index contributed by atoms with van der Waals surface area (Å²) in [6.07, 6.45) is -0.659. The fourth-order valence-corrected chi connectivity index (χ4v) is 1.21. The van der Waals surface area contributed by atoms with Gasteiger partial charge < -0.3 is 15.5 Å². The van der Waals surface area contributed by atoms with Crippen molar-refractivity contribution in [1.82, 2.24) is 5.32 Å². The number of aliphatic carboxylic acids is 2. The second kappa shape index (κ2) is 10.4. The van der Waals surface area contributed by atoms with Crippen molar-refractivity contribution in [3.8, 4) is 0 Å². The van der Waals surface area contributed by atoms with Crippen molar-refractivity contribution >= 4 is 77.0 Å². The van der Waals surface area contributed by atoms with Crippen LogP contribution >= 0.6 is 0 Å². The van der Waals surface area contributed by atoms with Gasteiger partial charge in [-0.25, -0.2) is 4.79 Å². The molecule has 1 aromatic rings. The summed E-state index contributed by atoms with van der Waals surface area (Å²) < 4.78 is 0. The number of hydrogen-bond donors (Lipinski definition) is 3. The molecule has 0 unspecified atom stereocenters. The van der Waals surface area contributed by atoms with E-state index < -0.39 is 30.3 Å². The van der Waals surface area contributed by atoms with E-state index in [4.69, 9.17) is 10.2 Å². The fraction of sp³-hybridized carbons (Fsp3) is 0.182. The molecule has 0 aliphatic carbocycles. The van der Waals surface area contributed by atoms with E-state index in [1.165, 1.54) is 12.1 Å². The van der Waals surface area contributed by atoms with E-state index in [1.807, 2.05) is 0 Å². The van der Waals surface area contributed by atoms with Gasteiger partial charge in [0.25, 0.3) is 5.91 Å². The first-order valence-electron chi connectivity index (χ1n) is 4.81. The van der Waals surface area contributed by atoms with Crippen LogP contribution in [-0.2, 0) is 9.59 Å². The third-order valence-corrected chi connectivity index (χ3v) is 2.02. The van der Waals surface area contributed by atoms with Crippen LogP contribution in [0.3, 0.4) is 0 Å². The number of rotatable bonds is 5. The molecule has 3 N–H and O–H groups in total. The molecule has 1 amide bonds. The summed E-state index contributed by atoms with van der Waals surface area (Å²) in [6, 6.07) is 6.55. The third-order valence-electron chi connectivity index (χ3n) is 2.02. The molecule has 1 rings (SSSR count). The summed E-state index contributed by atoms with van der Waals surface area (Å²) in [5.74, 6) is -3.28. The van der Waals surface area contributed by atoms with Crippen LogP contribution in [0.25, 0.3) is 0 Å². The van der Waals surface area contributed by atoms with Gasteiger partial charge in [0.05, 0.1) is 6.42 Å². The Balaban J connectivity index is 0. The van der Waals surface area contributed by atoms with Crippen molar-refractivity contribution < 1.29 is 24.6 Å². The van der Waals surface area contributed by atoms with Gasteiger partial charge in [-0.2, -0.15) is 0 Å². The Labute approximate surface area is 154 Å². The van der Waals surface area contributed by atoms with Crippen LogP contribution in [0.2, 0.25) is 0 Å². The van der Waals surface area contributed by atoms with Crippen LogP contribution in [0.15, 0.2) is 30.3 Å². The first-order valence-corrected chi connectivity index (χ1v) is 4.81. The van der Waals surface area contributed by atoms with Crippen molar-refractivity contribution in [1.29, 1.82) is 0 Å². The molecule has 0 bridgehead atoms. The Morgan fingerprint density at radius 3 is 2.00 bits per heavy atom. The summed E-state index contributed by atoms with van der Waals surface area (Å²) in [7, 11) is 0. The second-order valence-electron chi connectivity index (χ2n) is 3.33. The van der Waals surface area contributed by atoms with Gasteiger partial charge in [-0.3, -0.25) is 9.59 Å². The molecule has 0 radical (unpaired) electrons. The number of carboxylic acid groups (broad SMARTS) is 2. The Kier molecular flexibility index (Phi) is 11.5. The minimum atomic E-state index is -1.43. The molecule has 0 aromatic heterocycles. The SMILES string of the molecule is O=C(O)C[C@H](NC(=O)c1ccccc1)C(=O)O.[NaH].[NaH]. The van der Waals surface area contributed by atoms with Gasteiger partial charge >= 0.3 is 71.1 Å². The van der Waals surface area contributed by atoms with E-state index in [1.54, 1.807) is 18.2 Å². The summed E-state index contributed by atoms with van der Waals surface area (Å²) in [6.45, 7) is 0. The van der Waals surface area contributed by atoms with Crippen LogP contribution < -0.4 is 5.32 Å². The standard InChI is InChI=1S/C11H11NO5.2Na.2H/c13-9(14)6-8(11(16)17)12-10(15)7-4-2-1-3-5-7;;;;/h1-5,8H,6H2,(H,12,15)(H,13,14)(H,16,17);;;;/t8-;;;;/m0..../s1. The van der Waals surface area contributed by atoms with Crippen molar-refractivity contribution in [2.45, 2.75) is 12.5 Å². The predicted octanol–water partition coefficient (Wildman–Crippen LogP) is -0.953. The van der Waals surface area contributed by atoms with Gasteiger partial charge in [0.2, 0.25) is 0 Å². The van der Waals surface area contributed by atoms with E-state index >= 15 is 0 Å². The summed E-state index contributed by atoms with van der Waals surface area (Å²) in [4.78, 5) is 32.7. The maximum absolute atomic E-state index is 11.6. The fourth-order valence-electron chi connectivity index (χ4n) is 1.21. The van der Waals surface area contributed by atoms with Gasteiger partial charge in [-0.15, -0.1) is 0 Å². The molecule has 1 atom stereocenters. The molecule has 0 saturated carbocycles. The zero-order valence-corrected chi connectivity index (χ0v) is 8.79. The Morgan fingerprint density at radius 2 is 1.58 bits per heavy atom. The predicted molar refractivity (Wildman–Crippen MR) is 71.9 cm³/mol. The monoisotopic (exact) mass is 285 g/mol. The van der Waals surface area contributed by atoms with Gasteiger partial charge in [0, 0.05) is 5.56 Å². The molecular weight excluding hydrogens is 272 g/mol. The van der Waals surface area contributed by atoms with Gasteiger partial charge in [-0.1, -0.05) is 18.2 Å². The molecule has 0 aliphatic rings. The number of amides is 1. The topological polar surface area (TPSA) is 104 Å². The van der Waals surface area contributed by atoms with Crippen LogP contribution in [0.1, 0.15) is 16.8 Å². The summed E-state index contributed by atoms with van der Waals surface area (Å²) in [5, 5.41) is 19.4. The van der Waals surface area contributed by atoms with Crippen LogP contribution in [0.5, 0.6) is 0 Å². The van der Waals surface area contributed by atoms with Crippen molar-refractivity contribution in [3.63, 3.8) is 0 Å². The summed E-state index contributed by atoms with van der Waals surface area (Å²) >= 11 is 0. The molecule has 0 saturated heterocycles. The molecule has 0 spiro atoms. The van der Waals surface area contributed by atoms with E-state index in [9.17, 15) is 14.4 Å². The molecular formula is C11H13NNa2O5. The quantitative estimate of drug-likeness (QED) is 0.605. The molecule has 0 aliphatic heterocycles. The average Bonchev–Trinajstić information content (AvgIpc) is 2.28. The molecule has 1 aromatic carbocycles. The Hall–Kier alpha value is -0.370. The minimum absolute atomic E-state index is 0. The maximum atomic E-state index is 11.6. The molecule has 19 heavy (non-hydrogen) atoms. The zero-order valence-electron chi connectivity index (χ0n) is 8.79. The van der Waals surface area contributed by atoms with Crippen molar-refractivity contribution in [2.24, 2.45) is 0 Å². The van der Waals surface area contributed by atoms with Crippen molar-refractivity contribution in [2.75, 3.05) is 0 Å². The molecule has 94 valence electrons. The number of carbonyl (C=O) groups excluding carboxylic acids is 1. The first kappa shape index (κ1) is 20.9. The van der Waals surface area contributed by atoms with Crippen LogP contribution in [0.4, 0.5) is 0 Å².